The summed E-state index contributed by atoms with van der Waals surface area (Å²) in [7, 11) is 0. The number of pyridine rings is 1. The van der Waals surface area contributed by atoms with Gasteiger partial charge in [-0.3, -0.25) is 4.98 Å². The Balaban J connectivity index is 1.76. The largest absolute Gasteiger partial charge is 0.352 e. The van der Waals surface area contributed by atoms with Crippen LogP contribution in [0.25, 0.3) is 0 Å². The lowest BCUT2D eigenvalue weighted by Crippen LogP contribution is -2.33. The molecule has 4 rings (SSSR count). The second-order valence-corrected chi connectivity index (χ2v) is 8.96. The fourth-order valence-corrected chi connectivity index (χ4v) is 4.79. The lowest BCUT2D eigenvalue weighted by atomic mass is 9.96. The minimum absolute atomic E-state index is 0.0446. The third-order valence-electron chi connectivity index (χ3n) is 5.87. The summed E-state index contributed by atoms with van der Waals surface area (Å²) in [5, 5.41) is 4.38. The SMILES string of the molecule is Cc1cc(C2C(c3ccccn3)NC(=S)N2CC(C)C)c(C)n1Cc1ccccc1. The van der Waals surface area contributed by atoms with Crippen molar-refractivity contribution < 1.29 is 0 Å². The Morgan fingerprint density at radius 2 is 1.80 bits per heavy atom. The van der Waals surface area contributed by atoms with Crippen molar-refractivity contribution in [1.29, 1.82) is 0 Å². The minimum Gasteiger partial charge on any atom is -0.352 e. The number of hydrogen-bond donors (Lipinski definition) is 1. The minimum atomic E-state index is 0.0446. The summed E-state index contributed by atoms with van der Waals surface area (Å²) in [6, 6.07) is 19.3. The Hall–Kier alpha value is -2.66. The average Bonchev–Trinajstić information content (AvgIpc) is 3.20. The quantitative estimate of drug-likeness (QED) is 0.560. The summed E-state index contributed by atoms with van der Waals surface area (Å²) < 4.78 is 2.41. The molecule has 156 valence electrons. The van der Waals surface area contributed by atoms with Gasteiger partial charge in [-0.25, -0.2) is 0 Å². The van der Waals surface area contributed by atoms with E-state index in [-0.39, 0.29) is 12.1 Å². The summed E-state index contributed by atoms with van der Waals surface area (Å²) in [5.41, 5.74) is 6.23. The third kappa shape index (κ3) is 3.99. The summed E-state index contributed by atoms with van der Waals surface area (Å²) in [6.07, 6.45) is 1.86. The zero-order valence-corrected chi connectivity index (χ0v) is 19.0. The Morgan fingerprint density at radius 3 is 2.47 bits per heavy atom. The van der Waals surface area contributed by atoms with Crippen LogP contribution < -0.4 is 5.32 Å². The van der Waals surface area contributed by atoms with Crippen molar-refractivity contribution in [3.05, 3.63) is 89.0 Å². The first-order chi connectivity index (χ1) is 14.5. The molecule has 1 aliphatic rings. The van der Waals surface area contributed by atoms with Gasteiger partial charge in [-0.1, -0.05) is 50.2 Å². The van der Waals surface area contributed by atoms with Crippen molar-refractivity contribution in [2.75, 3.05) is 6.54 Å². The summed E-state index contributed by atoms with van der Waals surface area (Å²) in [5.74, 6) is 0.516. The van der Waals surface area contributed by atoms with Crippen molar-refractivity contribution in [3.8, 4) is 0 Å². The van der Waals surface area contributed by atoms with Crippen molar-refractivity contribution in [3.63, 3.8) is 0 Å². The van der Waals surface area contributed by atoms with E-state index in [1.165, 1.54) is 22.5 Å². The number of thiocarbonyl (C=S) groups is 1. The van der Waals surface area contributed by atoms with Crippen LogP contribution in [0.3, 0.4) is 0 Å². The molecule has 5 heteroatoms. The van der Waals surface area contributed by atoms with E-state index in [1.807, 2.05) is 18.3 Å². The van der Waals surface area contributed by atoms with Crippen LogP contribution in [0.1, 0.15) is 54.1 Å². The number of nitrogens with one attached hydrogen (secondary N) is 1. The molecule has 3 heterocycles. The predicted octanol–water partition coefficient (Wildman–Crippen LogP) is 5.18. The Labute approximate surface area is 184 Å². The monoisotopic (exact) mass is 418 g/mol. The van der Waals surface area contributed by atoms with E-state index < -0.39 is 0 Å². The highest BCUT2D eigenvalue weighted by Crippen LogP contribution is 2.41. The van der Waals surface area contributed by atoms with Gasteiger partial charge < -0.3 is 14.8 Å². The number of benzene rings is 1. The zero-order chi connectivity index (χ0) is 21.3. The van der Waals surface area contributed by atoms with Crippen LogP contribution >= 0.6 is 12.2 Å². The topological polar surface area (TPSA) is 33.1 Å². The molecule has 0 spiro atoms. The lowest BCUT2D eigenvalue weighted by Gasteiger charge is -2.29. The van der Waals surface area contributed by atoms with Crippen LogP contribution in [0.2, 0.25) is 0 Å². The standard InChI is InChI=1S/C25H30N4S/c1-17(2)15-29-24(23(27-25(29)30)22-12-8-9-13-26-22)21-14-18(3)28(19(21)4)16-20-10-6-5-7-11-20/h5-14,17,23-24H,15-16H2,1-4H3,(H,27,30). The predicted molar refractivity (Wildman–Crippen MR) is 126 cm³/mol. The van der Waals surface area contributed by atoms with Crippen LogP contribution in [-0.4, -0.2) is 26.1 Å². The van der Waals surface area contributed by atoms with Crippen LogP contribution in [0, 0.1) is 19.8 Å². The van der Waals surface area contributed by atoms with Crippen molar-refractivity contribution in [2.24, 2.45) is 5.92 Å². The number of nitrogens with zero attached hydrogens (tertiary/aromatic N) is 3. The number of aryl methyl sites for hydroxylation is 1. The van der Waals surface area contributed by atoms with E-state index in [0.717, 1.165) is 23.9 Å². The molecule has 0 amide bonds. The van der Waals surface area contributed by atoms with E-state index in [4.69, 9.17) is 12.2 Å². The highest BCUT2D eigenvalue weighted by atomic mass is 32.1. The lowest BCUT2D eigenvalue weighted by molar-refractivity contribution is 0.286. The van der Waals surface area contributed by atoms with Gasteiger partial charge in [0.15, 0.2) is 5.11 Å². The van der Waals surface area contributed by atoms with Crippen LogP contribution in [0.4, 0.5) is 0 Å². The van der Waals surface area contributed by atoms with E-state index >= 15 is 0 Å². The molecule has 3 aromatic rings. The van der Waals surface area contributed by atoms with Crippen molar-refractivity contribution in [1.82, 2.24) is 19.8 Å². The van der Waals surface area contributed by atoms with Gasteiger partial charge in [-0.2, -0.15) is 0 Å². The molecule has 1 aromatic carbocycles. The molecule has 1 fully saturated rings. The smallest absolute Gasteiger partial charge is 0.170 e. The van der Waals surface area contributed by atoms with Gasteiger partial charge in [0.25, 0.3) is 0 Å². The Bertz CT molecular complexity index is 1010. The second kappa shape index (κ2) is 8.60. The summed E-state index contributed by atoms with van der Waals surface area (Å²) in [4.78, 5) is 7.01. The molecule has 0 radical (unpaired) electrons. The summed E-state index contributed by atoms with van der Waals surface area (Å²) >= 11 is 5.78. The first kappa shape index (κ1) is 20.6. The van der Waals surface area contributed by atoms with Crippen LogP contribution in [0.15, 0.2) is 60.8 Å². The zero-order valence-electron chi connectivity index (χ0n) is 18.2. The number of rotatable bonds is 6. The fourth-order valence-electron chi connectivity index (χ4n) is 4.47. The fraction of sp³-hybridized carbons (Fsp3) is 0.360. The number of aromatic nitrogens is 2. The molecular weight excluding hydrogens is 388 g/mol. The van der Waals surface area contributed by atoms with Crippen molar-refractivity contribution >= 4 is 17.3 Å². The molecule has 4 nitrogen and oxygen atoms in total. The molecule has 1 saturated heterocycles. The molecule has 30 heavy (non-hydrogen) atoms. The van der Waals surface area contributed by atoms with Gasteiger partial charge >= 0.3 is 0 Å². The molecule has 1 aliphatic heterocycles. The normalized spacial score (nSPS) is 18.8. The van der Waals surface area contributed by atoms with Crippen LogP contribution in [-0.2, 0) is 6.54 Å². The van der Waals surface area contributed by atoms with E-state index in [2.05, 4.69) is 89.9 Å². The molecule has 0 bridgehead atoms. The maximum Gasteiger partial charge on any atom is 0.170 e. The van der Waals surface area contributed by atoms with Gasteiger partial charge in [0.1, 0.15) is 0 Å². The van der Waals surface area contributed by atoms with E-state index in [1.54, 1.807) is 0 Å². The first-order valence-corrected chi connectivity index (χ1v) is 11.0. The van der Waals surface area contributed by atoms with Crippen molar-refractivity contribution in [2.45, 2.75) is 46.3 Å². The number of hydrogen-bond acceptors (Lipinski definition) is 2. The molecular formula is C25H30N4S. The van der Waals surface area contributed by atoms with Gasteiger partial charge in [0.05, 0.1) is 17.8 Å². The first-order valence-electron chi connectivity index (χ1n) is 10.6. The van der Waals surface area contributed by atoms with Gasteiger partial charge in [0, 0.05) is 30.7 Å². The molecule has 2 aromatic heterocycles. The molecule has 0 aliphatic carbocycles. The molecule has 1 N–H and O–H groups in total. The Morgan fingerprint density at radius 1 is 1.07 bits per heavy atom. The maximum atomic E-state index is 5.78. The maximum absolute atomic E-state index is 5.78. The van der Waals surface area contributed by atoms with E-state index in [0.29, 0.717) is 5.92 Å². The average molecular weight is 419 g/mol. The highest BCUT2D eigenvalue weighted by molar-refractivity contribution is 7.80. The van der Waals surface area contributed by atoms with E-state index in [9.17, 15) is 0 Å². The molecule has 0 saturated carbocycles. The van der Waals surface area contributed by atoms with Gasteiger partial charge in [-0.15, -0.1) is 0 Å². The van der Waals surface area contributed by atoms with Crippen LogP contribution in [0.5, 0.6) is 0 Å². The highest BCUT2D eigenvalue weighted by Gasteiger charge is 2.41. The second-order valence-electron chi connectivity index (χ2n) is 8.57. The third-order valence-corrected chi connectivity index (χ3v) is 6.23. The molecule has 2 atom stereocenters. The molecule has 2 unspecified atom stereocenters. The Kier molecular flexibility index (Phi) is 5.91. The van der Waals surface area contributed by atoms with Gasteiger partial charge in [0.2, 0.25) is 0 Å². The summed E-state index contributed by atoms with van der Waals surface area (Å²) in [6.45, 7) is 10.7. The van der Waals surface area contributed by atoms with Gasteiger partial charge in [-0.05, 0) is 61.3 Å².